The number of amides is 2. The largest absolute Gasteiger partial charge is 0.448 e. The molecular formula is C25H26N2O5S. The summed E-state index contributed by atoms with van der Waals surface area (Å²) < 4.78 is 11.5. The van der Waals surface area contributed by atoms with Crippen molar-refractivity contribution in [3.8, 4) is 0 Å². The van der Waals surface area contributed by atoms with Crippen LogP contribution in [0.15, 0.2) is 71.9 Å². The zero-order chi connectivity index (χ0) is 23.6. The number of β-lactam (4-membered cyclic amide) rings is 1. The Morgan fingerprint density at radius 3 is 2.21 bits per heavy atom. The first-order chi connectivity index (χ1) is 15.9. The van der Waals surface area contributed by atoms with E-state index in [1.807, 2.05) is 67.6 Å². The van der Waals surface area contributed by atoms with Gasteiger partial charge in [0.15, 0.2) is 6.10 Å². The molecule has 0 bridgehead atoms. The summed E-state index contributed by atoms with van der Waals surface area (Å²) >= 11 is 1.44. The van der Waals surface area contributed by atoms with E-state index in [2.05, 4.69) is 5.32 Å². The number of thioether (sulfide) groups is 1. The van der Waals surface area contributed by atoms with Crippen LogP contribution in [0.3, 0.4) is 0 Å². The number of ether oxygens (including phenoxy) is 2. The van der Waals surface area contributed by atoms with Gasteiger partial charge in [-0.3, -0.25) is 14.5 Å². The quantitative estimate of drug-likeness (QED) is 0.383. The molecule has 4 rings (SSSR count). The number of rotatable bonds is 7. The number of hydrogen-bond acceptors (Lipinski definition) is 6. The lowest BCUT2D eigenvalue weighted by atomic mass is 9.97. The van der Waals surface area contributed by atoms with Crippen LogP contribution in [0.25, 0.3) is 0 Å². The number of benzene rings is 2. The highest BCUT2D eigenvalue weighted by Crippen LogP contribution is 2.47. The fraction of sp³-hybridized carbons (Fsp3) is 0.320. The molecule has 0 saturated carbocycles. The molecule has 0 aromatic heterocycles. The maximum absolute atomic E-state index is 13.5. The van der Waals surface area contributed by atoms with Crippen molar-refractivity contribution in [1.82, 2.24) is 10.2 Å². The summed E-state index contributed by atoms with van der Waals surface area (Å²) in [6.07, 6.45) is -0.411. The second kappa shape index (κ2) is 9.41. The van der Waals surface area contributed by atoms with E-state index < -0.39 is 29.1 Å². The SMILES string of the molecule is CCC(=O)N[C@]1(OC)C(=O)N2C(C(=O)OC(c3ccccc3)c3ccccc3)=C(C)CS[C@@H]21. The Balaban J connectivity index is 1.63. The van der Waals surface area contributed by atoms with E-state index >= 15 is 0 Å². The van der Waals surface area contributed by atoms with Gasteiger partial charge in [-0.2, -0.15) is 0 Å². The predicted octanol–water partition coefficient (Wildman–Crippen LogP) is 3.38. The highest BCUT2D eigenvalue weighted by atomic mass is 32.2. The molecule has 2 atom stereocenters. The van der Waals surface area contributed by atoms with Crippen molar-refractivity contribution < 1.29 is 23.9 Å². The third-order valence-electron chi connectivity index (χ3n) is 5.81. The number of nitrogens with zero attached hydrogens (tertiary/aromatic N) is 1. The van der Waals surface area contributed by atoms with Gasteiger partial charge in [0.2, 0.25) is 5.91 Å². The zero-order valence-corrected chi connectivity index (χ0v) is 19.6. The third-order valence-corrected chi connectivity index (χ3v) is 7.27. The lowest BCUT2D eigenvalue weighted by molar-refractivity contribution is -0.193. The minimum absolute atomic E-state index is 0.207. The molecule has 2 heterocycles. The Morgan fingerprint density at radius 2 is 1.70 bits per heavy atom. The summed E-state index contributed by atoms with van der Waals surface area (Å²) in [4.78, 5) is 40.1. The number of hydrogen-bond donors (Lipinski definition) is 1. The number of carbonyl (C=O) groups is 3. The molecule has 2 aromatic rings. The van der Waals surface area contributed by atoms with Crippen molar-refractivity contribution in [2.75, 3.05) is 12.9 Å². The van der Waals surface area contributed by atoms with E-state index in [0.29, 0.717) is 5.75 Å². The van der Waals surface area contributed by atoms with Gasteiger partial charge in [0.25, 0.3) is 11.6 Å². The van der Waals surface area contributed by atoms with Gasteiger partial charge >= 0.3 is 5.97 Å². The van der Waals surface area contributed by atoms with Crippen LogP contribution in [0.2, 0.25) is 0 Å². The Bertz CT molecular complexity index is 1050. The maximum Gasteiger partial charge on any atom is 0.356 e. The molecule has 0 radical (unpaired) electrons. The molecule has 0 unspecified atom stereocenters. The molecule has 1 N–H and O–H groups in total. The van der Waals surface area contributed by atoms with Crippen LogP contribution in [0.4, 0.5) is 0 Å². The van der Waals surface area contributed by atoms with Crippen molar-refractivity contribution in [2.45, 2.75) is 37.5 Å². The van der Waals surface area contributed by atoms with Crippen LogP contribution in [0.1, 0.15) is 37.5 Å². The van der Waals surface area contributed by atoms with Crippen LogP contribution in [-0.2, 0) is 23.9 Å². The first kappa shape index (κ1) is 23.1. The lowest BCUT2D eigenvalue weighted by Gasteiger charge is -2.55. The molecule has 1 saturated heterocycles. The van der Waals surface area contributed by atoms with Gasteiger partial charge in [-0.15, -0.1) is 11.8 Å². The first-order valence-corrected chi connectivity index (χ1v) is 11.8. The average Bonchev–Trinajstić information content (AvgIpc) is 2.86. The monoisotopic (exact) mass is 466 g/mol. The molecule has 33 heavy (non-hydrogen) atoms. The second-order valence-electron chi connectivity index (χ2n) is 7.92. The summed E-state index contributed by atoms with van der Waals surface area (Å²) in [5, 5.41) is 2.14. The predicted molar refractivity (Wildman–Crippen MR) is 125 cm³/mol. The Hall–Kier alpha value is -3.10. The number of fused-ring (bicyclic) bond motifs is 1. The molecule has 0 aliphatic carbocycles. The van der Waals surface area contributed by atoms with Crippen LogP contribution in [0.5, 0.6) is 0 Å². The first-order valence-electron chi connectivity index (χ1n) is 10.7. The number of methoxy groups -OCH3 is 1. The van der Waals surface area contributed by atoms with Crippen LogP contribution in [0, 0.1) is 0 Å². The summed E-state index contributed by atoms with van der Waals surface area (Å²) in [7, 11) is 1.38. The zero-order valence-electron chi connectivity index (χ0n) is 18.7. The number of nitrogens with one attached hydrogen (secondary N) is 1. The Kier molecular flexibility index (Phi) is 6.58. The highest BCUT2D eigenvalue weighted by Gasteiger charge is 2.66. The van der Waals surface area contributed by atoms with Gasteiger partial charge < -0.3 is 14.8 Å². The van der Waals surface area contributed by atoms with Gasteiger partial charge in [0, 0.05) is 19.3 Å². The minimum atomic E-state index is -1.48. The van der Waals surface area contributed by atoms with Crippen molar-refractivity contribution in [1.29, 1.82) is 0 Å². The van der Waals surface area contributed by atoms with E-state index in [4.69, 9.17) is 9.47 Å². The fourth-order valence-corrected chi connectivity index (χ4v) is 5.45. The fourth-order valence-electron chi connectivity index (χ4n) is 4.06. The summed E-state index contributed by atoms with van der Waals surface area (Å²) in [6, 6.07) is 18.9. The van der Waals surface area contributed by atoms with E-state index in [9.17, 15) is 14.4 Å². The van der Waals surface area contributed by atoms with Gasteiger partial charge in [-0.1, -0.05) is 67.6 Å². The molecule has 7 nitrogen and oxygen atoms in total. The molecule has 2 aliphatic rings. The van der Waals surface area contributed by atoms with Crippen molar-refractivity contribution >= 4 is 29.5 Å². The summed E-state index contributed by atoms with van der Waals surface area (Å²) in [5.74, 6) is -0.858. The van der Waals surface area contributed by atoms with Crippen LogP contribution in [-0.4, -0.2) is 46.6 Å². The molecule has 8 heteroatoms. The molecule has 2 aromatic carbocycles. The molecule has 2 amide bonds. The standard InChI is InChI=1S/C25H26N2O5S/c1-4-19(28)26-25(31-3)23(30)27-20(16(2)15-33-24(25)27)22(29)32-21(17-11-7-5-8-12-17)18-13-9-6-10-14-18/h5-14,21,24H,4,15H2,1-3H3,(H,26,28)/t24-,25+/m1/s1. The smallest absolute Gasteiger partial charge is 0.356 e. The van der Waals surface area contributed by atoms with Crippen molar-refractivity contribution in [2.24, 2.45) is 0 Å². The van der Waals surface area contributed by atoms with Gasteiger partial charge in [0.05, 0.1) is 0 Å². The average molecular weight is 467 g/mol. The van der Waals surface area contributed by atoms with E-state index in [1.165, 1.54) is 23.8 Å². The summed E-state index contributed by atoms with van der Waals surface area (Å²) in [5.41, 5.74) is 1.12. The van der Waals surface area contributed by atoms with E-state index in [0.717, 1.165) is 16.7 Å². The second-order valence-corrected chi connectivity index (χ2v) is 8.98. The maximum atomic E-state index is 13.5. The third kappa shape index (κ3) is 4.05. The van der Waals surface area contributed by atoms with Crippen molar-refractivity contribution in [3.05, 3.63) is 83.1 Å². The Morgan fingerprint density at radius 1 is 1.12 bits per heavy atom. The number of esters is 1. The molecular weight excluding hydrogens is 440 g/mol. The highest BCUT2D eigenvalue weighted by molar-refractivity contribution is 8.00. The normalized spacial score (nSPS) is 22.0. The van der Waals surface area contributed by atoms with E-state index in [1.54, 1.807) is 6.92 Å². The van der Waals surface area contributed by atoms with Gasteiger partial charge in [0.1, 0.15) is 11.1 Å². The molecule has 0 spiro atoms. The van der Waals surface area contributed by atoms with Crippen LogP contribution >= 0.6 is 11.8 Å². The molecule has 2 aliphatic heterocycles. The minimum Gasteiger partial charge on any atom is -0.448 e. The molecule has 172 valence electrons. The van der Waals surface area contributed by atoms with Gasteiger partial charge in [-0.25, -0.2) is 4.79 Å². The number of carbonyl (C=O) groups excluding carboxylic acids is 3. The molecule has 1 fully saturated rings. The van der Waals surface area contributed by atoms with Gasteiger partial charge in [-0.05, 0) is 23.6 Å². The van der Waals surface area contributed by atoms with E-state index in [-0.39, 0.29) is 18.0 Å². The Labute approximate surface area is 197 Å². The van der Waals surface area contributed by atoms with Crippen molar-refractivity contribution in [3.63, 3.8) is 0 Å². The topological polar surface area (TPSA) is 84.9 Å². The van der Waals surface area contributed by atoms with Crippen LogP contribution < -0.4 is 5.32 Å². The lowest BCUT2D eigenvalue weighted by Crippen LogP contribution is -2.80. The summed E-state index contributed by atoms with van der Waals surface area (Å²) in [6.45, 7) is 3.51.